The number of nitriles is 1. The summed E-state index contributed by atoms with van der Waals surface area (Å²) in [6, 6.07) is 5.83. The van der Waals surface area contributed by atoms with Crippen LogP contribution in [0.2, 0.25) is 0 Å². The molecule has 0 radical (unpaired) electrons. The number of unbranched alkanes of at least 4 members (excludes halogenated alkanes) is 1. The molecule has 0 spiro atoms. The van der Waals surface area contributed by atoms with Gasteiger partial charge in [0, 0.05) is 19.3 Å². The Morgan fingerprint density at radius 2 is 2.36 bits per heavy atom. The number of rotatable bonds is 6. The molecule has 0 saturated carbocycles. The number of nitrogens with zero attached hydrogens (tertiary/aromatic N) is 2. The third kappa shape index (κ3) is 3.23. The van der Waals surface area contributed by atoms with Crippen molar-refractivity contribution in [3.05, 3.63) is 24.0 Å². The molecule has 3 nitrogen and oxygen atoms in total. The maximum Gasteiger partial charge on any atom is 0.120 e. The highest BCUT2D eigenvalue weighted by atomic mass is 16.5. The van der Waals surface area contributed by atoms with E-state index < -0.39 is 0 Å². The molecule has 0 atom stereocenters. The van der Waals surface area contributed by atoms with E-state index >= 15 is 0 Å². The molecule has 0 unspecified atom stereocenters. The molecule has 14 heavy (non-hydrogen) atoms. The molecular weight excluding hydrogens is 176 g/mol. The lowest BCUT2D eigenvalue weighted by molar-refractivity contribution is 0.123. The van der Waals surface area contributed by atoms with Crippen LogP contribution in [0.4, 0.5) is 0 Å². The first kappa shape index (κ1) is 10.8. The molecule has 3 heteroatoms. The maximum atomic E-state index is 8.74. The summed E-state index contributed by atoms with van der Waals surface area (Å²) in [6.07, 6.45) is 4.17. The predicted molar refractivity (Wildman–Crippen MR) is 54.9 cm³/mol. The van der Waals surface area contributed by atoms with Crippen molar-refractivity contribution in [2.45, 2.75) is 26.3 Å². The van der Waals surface area contributed by atoms with Gasteiger partial charge >= 0.3 is 0 Å². The average molecular weight is 192 g/mol. The second kappa shape index (κ2) is 6.22. The van der Waals surface area contributed by atoms with E-state index in [1.54, 1.807) is 0 Å². The quantitative estimate of drug-likeness (QED) is 0.648. The van der Waals surface area contributed by atoms with Gasteiger partial charge in [0.15, 0.2) is 0 Å². The van der Waals surface area contributed by atoms with E-state index in [1.165, 1.54) is 0 Å². The Morgan fingerprint density at radius 1 is 1.50 bits per heavy atom. The summed E-state index contributed by atoms with van der Waals surface area (Å²) in [6.45, 7) is 4.41. The van der Waals surface area contributed by atoms with Crippen LogP contribution in [0.15, 0.2) is 18.3 Å². The molecule has 1 aromatic rings. The van der Waals surface area contributed by atoms with Crippen molar-refractivity contribution in [2.24, 2.45) is 0 Å². The molecule has 0 fully saturated rings. The Morgan fingerprint density at radius 3 is 3.07 bits per heavy atom. The van der Waals surface area contributed by atoms with Crippen LogP contribution >= 0.6 is 0 Å². The van der Waals surface area contributed by atoms with Crippen molar-refractivity contribution in [1.29, 1.82) is 5.26 Å². The van der Waals surface area contributed by atoms with Crippen LogP contribution in [0.25, 0.3) is 0 Å². The van der Waals surface area contributed by atoms with Gasteiger partial charge in [-0.05, 0) is 18.6 Å². The third-order valence-electron chi connectivity index (χ3n) is 2.06. The predicted octanol–water partition coefficient (Wildman–Crippen LogP) is 2.18. The second-order valence-corrected chi connectivity index (χ2v) is 3.16. The highest BCUT2D eigenvalue weighted by Crippen LogP contribution is 2.00. The van der Waals surface area contributed by atoms with Crippen molar-refractivity contribution >= 4 is 0 Å². The first-order chi connectivity index (χ1) is 6.88. The van der Waals surface area contributed by atoms with Crippen LogP contribution in [0, 0.1) is 11.3 Å². The molecule has 0 aliphatic carbocycles. The van der Waals surface area contributed by atoms with Crippen LogP contribution in [0.1, 0.15) is 25.5 Å². The fraction of sp³-hybridized carbons (Fsp3) is 0.545. The summed E-state index contributed by atoms with van der Waals surface area (Å²) >= 11 is 0. The summed E-state index contributed by atoms with van der Waals surface area (Å²) in [7, 11) is 0. The largest absolute Gasteiger partial charge is 0.380 e. The number of ether oxygens (including phenoxy) is 1. The van der Waals surface area contributed by atoms with Crippen LogP contribution < -0.4 is 0 Å². The van der Waals surface area contributed by atoms with Crippen LogP contribution in [-0.2, 0) is 11.3 Å². The molecule has 0 saturated heterocycles. The third-order valence-corrected chi connectivity index (χ3v) is 2.06. The standard InChI is InChI=1S/C11H16N2O/c1-2-3-8-14-9-7-13-6-4-5-11(13)10-12/h4-6H,2-3,7-9H2,1H3. The Labute approximate surface area is 84.9 Å². The minimum absolute atomic E-state index is 0.684. The van der Waals surface area contributed by atoms with Gasteiger partial charge < -0.3 is 9.30 Å². The van der Waals surface area contributed by atoms with E-state index in [2.05, 4.69) is 13.0 Å². The van der Waals surface area contributed by atoms with Crippen LogP contribution in [-0.4, -0.2) is 17.8 Å². The Kier molecular flexibility index (Phi) is 4.81. The minimum atomic E-state index is 0.684. The van der Waals surface area contributed by atoms with Gasteiger partial charge in [0.2, 0.25) is 0 Å². The summed E-state index contributed by atoms with van der Waals surface area (Å²) in [4.78, 5) is 0. The van der Waals surface area contributed by atoms with Gasteiger partial charge in [-0.3, -0.25) is 0 Å². The van der Waals surface area contributed by atoms with Crippen molar-refractivity contribution in [3.8, 4) is 6.07 Å². The van der Waals surface area contributed by atoms with Crippen molar-refractivity contribution < 1.29 is 4.74 Å². The molecule has 0 aliphatic heterocycles. The zero-order valence-corrected chi connectivity index (χ0v) is 8.57. The van der Waals surface area contributed by atoms with E-state index in [0.29, 0.717) is 12.3 Å². The van der Waals surface area contributed by atoms with E-state index in [-0.39, 0.29) is 0 Å². The monoisotopic (exact) mass is 192 g/mol. The fourth-order valence-electron chi connectivity index (χ4n) is 1.22. The van der Waals surface area contributed by atoms with E-state index in [0.717, 1.165) is 26.0 Å². The lowest BCUT2D eigenvalue weighted by Gasteiger charge is -2.05. The van der Waals surface area contributed by atoms with Gasteiger partial charge in [-0.1, -0.05) is 13.3 Å². The molecular formula is C11H16N2O. The topological polar surface area (TPSA) is 38.0 Å². The average Bonchev–Trinajstić information content (AvgIpc) is 2.65. The minimum Gasteiger partial charge on any atom is -0.380 e. The first-order valence-corrected chi connectivity index (χ1v) is 5.01. The summed E-state index contributed by atoms with van der Waals surface area (Å²) in [5, 5.41) is 8.74. The van der Waals surface area contributed by atoms with E-state index in [4.69, 9.17) is 10.00 Å². The number of hydrogen-bond acceptors (Lipinski definition) is 2. The Hall–Kier alpha value is -1.27. The summed E-state index contributed by atoms with van der Waals surface area (Å²) in [5.74, 6) is 0. The first-order valence-electron chi connectivity index (χ1n) is 5.01. The van der Waals surface area contributed by atoms with Crippen LogP contribution in [0.3, 0.4) is 0 Å². The lowest BCUT2D eigenvalue weighted by atomic mass is 10.4. The molecule has 0 amide bonds. The normalized spacial score (nSPS) is 10.0. The lowest BCUT2D eigenvalue weighted by Crippen LogP contribution is -2.07. The van der Waals surface area contributed by atoms with Gasteiger partial charge in [-0.2, -0.15) is 5.26 Å². The van der Waals surface area contributed by atoms with Gasteiger partial charge in [-0.25, -0.2) is 0 Å². The smallest absolute Gasteiger partial charge is 0.120 e. The van der Waals surface area contributed by atoms with Crippen molar-refractivity contribution in [3.63, 3.8) is 0 Å². The van der Waals surface area contributed by atoms with E-state index in [9.17, 15) is 0 Å². The highest BCUT2D eigenvalue weighted by Gasteiger charge is 1.97. The maximum absolute atomic E-state index is 8.74. The molecule has 0 N–H and O–H groups in total. The zero-order valence-electron chi connectivity index (χ0n) is 8.57. The van der Waals surface area contributed by atoms with Gasteiger partial charge in [0.05, 0.1) is 6.61 Å². The number of aromatic nitrogens is 1. The Bertz CT molecular complexity index is 298. The molecule has 1 heterocycles. The van der Waals surface area contributed by atoms with Crippen LogP contribution in [0.5, 0.6) is 0 Å². The van der Waals surface area contributed by atoms with Crippen molar-refractivity contribution in [2.75, 3.05) is 13.2 Å². The molecule has 76 valence electrons. The molecule has 1 rings (SSSR count). The number of hydrogen-bond donors (Lipinski definition) is 0. The molecule has 0 bridgehead atoms. The van der Waals surface area contributed by atoms with Gasteiger partial charge in [0.1, 0.15) is 11.8 Å². The van der Waals surface area contributed by atoms with E-state index in [1.807, 2.05) is 22.9 Å². The molecule has 1 aromatic heterocycles. The fourth-order valence-corrected chi connectivity index (χ4v) is 1.22. The molecule has 0 aliphatic rings. The molecule has 0 aromatic carbocycles. The van der Waals surface area contributed by atoms with Gasteiger partial charge in [-0.15, -0.1) is 0 Å². The van der Waals surface area contributed by atoms with Crippen molar-refractivity contribution in [1.82, 2.24) is 4.57 Å². The highest BCUT2D eigenvalue weighted by molar-refractivity contribution is 5.21. The zero-order chi connectivity index (χ0) is 10.2. The van der Waals surface area contributed by atoms with Gasteiger partial charge in [0.25, 0.3) is 0 Å². The second-order valence-electron chi connectivity index (χ2n) is 3.16. The summed E-state index contributed by atoms with van der Waals surface area (Å²) < 4.78 is 7.33. The summed E-state index contributed by atoms with van der Waals surface area (Å²) in [5.41, 5.74) is 0.698. The Balaban J connectivity index is 2.22. The SMILES string of the molecule is CCCCOCCn1cccc1C#N.